The maximum atomic E-state index is 6.05. The first-order valence-corrected chi connectivity index (χ1v) is 8.28. The summed E-state index contributed by atoms with van der Waals surface area (Å²) in [4.78, 5) is 4.61. The third-order valence-corrected chi connectivity index (χ3v) is 5.14. The largest absolute Gasteiger partial charge is 0.399 e. The van der Waals surface area contributed by atoms with E-state index in [-0.39, 0.29) is 0 Å². The smallest absolute Gasteiger partial charge is 0.0622 e. The summed E-state index contributed by atoms with van der Waals surface area (Å²) < 4.78 is 0. The Kier molecular flexibility index (Phi) is 3.20. The second-order valence-electron chi connectivity index (χ2n) is 5.68. The van der Waals surface area contributed by atoms with Crippen LogP contribution in [0.5, 0.6) is 0 Å². The van der Waals surface area contributed by atoms with Crippen molar-refractivity contribution < 1.29 is 0 Å². The predicted octanol–water partition coefficient (Wildman–Crippen LogP) is 5.09. The van der Waals surface area contributed by atoms with Crippen LogP contribution in [-0.4, -0.2) is 0 Å². The van der Waals surface area contributed by atoms with Gasteiger partial charge in [0, 0.05) is 26.9 Å². The second-order valence-corrected chi connectivity index (χ2v) is 6.76. The molecule has 0 amide bonds. The highest BCUT2D eigenvalue weighted by Gasteiger charge is 2.25. The zero-order valence-corrected chi connectivity index (χ0v) is 13.6. The van der Waals surface area contributed by atoms with Gasteiger partial charge in [0.15, 0.2) is 0 Å². The quantitative estimate of drug-likeness (QED) is 0.480. The van der Waals surface area contributed by atoms with Crippen LogP contribution in [0.3, 0.4) is 0 Å². The lowest BCUT2D eigenvalue weighted by Gasteiger charge is -2.34. The van der Waals surface area contributed by atoms with Crippen LogP contribution < -0.4 is 16.4 Å². The number of benzene rings is 3. The lowest BCUT2D eigenvalue weighted by atomic mass is 10.1. The lowest BCUT2D eigenvalue weighted by Crippen LogP contribution is -2.16. The van der Waals surface area contributed by atoms with Crippen LogP contribution in [0.15, 0.2) is 70.5 Å². The van der Waals surface area contributed by atoms with Gasteiger partial charge in [0.25, 0.3) is 0 Å². The maximum Gasteiger partial charge on any atom is 0.0622 e. The average molecular weight is 319 g/mol. The number of rotatable bonds is 1. The van der Waals surface area contributed by atoms with E-state index in [1.165, 1.54) is 10.5 Å². The minimum absolute atomic E-state index is 0.766. The molecule has 1 aliphatic rings. The number of fused-ring (bicyclic) bond motifs is 2. The Morgan fingerprint density at radius 1 is 0.739 bits per heavy atom. The number of aryl methyl sites for hydroxylation is 1. The van der Waals surface area contributed by atoms with Crippen LogP contribution in [-0.2, 0) is 0 Å². The number of anilines is 5. The number of hydrogen-bond donors (Lipinski definition) is 2. The van der Waals surface area contributed by atoms with Crippen LogP contribution in [0.25, 0.3) is 0 Å². The fraction of sp³-hybridized carbons (Fsp3) is 0.0526. The normalized spacial score (nSPS) is 12.7. The van der Waals surface area contributed by atoms with Gasteiger partial charge in [-0.25, -0.2) is 0 Å². The molecule has 3 aromatic carbocycles. The third kappa shape index (κ3) is 2.32. The van der Waals surface area contributed by atoms with Gasteiger partial charge in [-0.3, -0.25) is 0 Å². The van der Waals surface area contributed by atoms with Crippen molar-refractivity contribution in [3.05, 3.63) is 66.2 Å². The van der Waals surface area contributed by atoms with E-state index in [0.717, 1.165) is 33.3 Å². The molecular weight excluding hydrogens is 302 g/mol. The van der Waals surface area contributed by atoms with E-state index in [9.17, 15) is 0 Å². The number of nitrogens with zero attached hydrogens (tertiary/aromatic N) is 1. The van der Waals surface area contributed by atoms with Crippen LogP contribution in [0.2, 0.25) is 0 Å². The van der Waals surface area contributed by atoms with E-state index in [1.807, 2.05) is 24.3 Å². The van der Waals surface area contributed by atoms with E-state index in [4.69, 9.17) is 11.5 Å². The van der Waals surface area contributed by atoms with Gasteiger partial charge in [-0.05, 0) is 55.0 Å². The molecule has 4 N–H and O–H groups in total. The van der Waals surface area contributed by atoms with E-state index < -0.39 is 0 Å². The van der Waals surface area contributed by atoms with Crippen molar-refractivity contribution in [3.8, 4) is 0 Å². The van der Waals surface area contributed by atoms with Gasteiger partial charge in [0.05, 0.1) is 11.4 Å². The molecule has 23 heavy (non-hydrogen) atoms. The maximum absolute atomic E-state index is 6.05. The minimum atomic E-state index is 0.766. The molecule has 0 radical (unpaired) electrons. The van der Waals surface area contributed by atoms with Crippen molar-refractivity contribution in [1.29, 1.82) is 0 Å². The van der Waals surface area contributed by atoms with Crippen LogP contribution in [0.1, 0.15) is 5.56 Å². The van der Waals surface area contributed by atoms with Gasteiger partial charge in [0.2, 0.25) is 0 Å². The van der Waals surface area contributed by atoms with Gasteiger partial charge in [-0.1, -0.05) is 30.0 Å². The van der Waals surface area contributed by atoms with E-state index >= 15 is 0 Å². The third-order valence-electron chi connectivity index (χ3n) is 4.02. The van der Waals surface area contributed by atoms with Gasteiger partial charge in [-0.15, -0.1) is 0 Å². The predicted molar refractivity (Wildman–Crippen MR) is 98.8 cm³/mol. The number of nitrogens with two attached hydrogens (primary N) is 2. The summed E-state index contributed by atoms with van der Waals surface area (Å²) in [6.07, 6.45) is 0. The summed E-state index contributed by atoms with van der Waals surface area (Å²) in [7, 11) is 0. The molecule has 0 atom stereocenters. The molecule has 0 saturated carbocycles. The van der Waals surface area contributed by atoms with Gasteiger partial charge < -0.3 is 16.4 Å². The molecule has 0 bridgehead atoms. The van der Waals surface area contributed by atoms with Crippen molar-refractivity contribution in [2.45, 2.75) is 16.7 Å². The SMILES string of the molecule is Cc1ccccc1N1c2ccc(N)cc2Sc2ccc(N)cc21. The summed E-state index contributed by atoms with van der Waals surface area (Å²) in [5, 5.41) is 0. The average Bonchev–Trinajstić information content (AvgIpc) is 2.54. The Bertz CT molecular complexity index is 905. The molecule has 0 aromatic heterocycles. The Balaban J connectivity index is 2.01. The fourth-order valence-electron chi connectivity index (χ4n) is 2.91. The molecule has 3 nitrogen and oxygen atoms in total. The molecule has 0 unspecified atom stereocenters. The van der Waals surface area contributed by atoms with Crippen LogP contribution in [0.4, 0.5) is 28.4 Å². The molecule has 0 aliphatic carbocycles. The second kappa shape index (κ2) is 5.25. The molecule has 4 heteroatoms. The standard InChI is InChI=1S/C19H17N3S/c1-12-4-2-3-5-15(12)22-16-8-6-14(21)11-19(16)23-18-9-7-13(20)10-17(18)22/h2-11H,20-21H2,1H3. The molecule has 114 valence electrons. The van der Waals surface area contributed by atoms with Gasteiger partial charge in [-0.2, -0.15) is 0 Å². The van der Waals surface area contributed by atoms with Crippen molar-refractivity contribution in [3.63, 3.8) is 0 Å². The van der Waals surface area contributed by atoms with Crippen molar-refractivity contribution in [2.24, 2.45) is 0 Å². The number of nitrogen functional groups attached to an aromatic ring is 2. The zero-order valence-electron chi connectivity index (χ0n) is 12.8. The summed E-state index contributed by atoms with van der Waals surface area (Å²) >= 11 is 1.73. The van der Waals surface area contributed by atoms with Gasteiger partial charge in [0.1, 0.15) is 0 Å². The summed E-state index contributed by atoms with van der Waals surface area (Å²) in [5.74, 6) is 0. The van der Waals surface area contributed by atoms with E-state index in [0.29, 0.717) is 0 Å². The molecule has 0 fully saturated rings. The molecular formula is C19H17N3S. The molecule has 1 heterocycles. The molecule has 0 spiro atoms. The Morgan fingerprint density at radius 3 is 2.30 bits per heavy atom. The highest BCUT2D eigenvalue weighted by molar-refractivity contribution is 7.99. The van der Waals surface area contributed by atoms with Crippen LogP contribution >= 0.6 is 11.8 Å². The highest BCUT2D eigenvalue weighted by atomic mass is 32.2. The first-order chi connectivity index (χ1) is 11.1. The Labute approximate surface area is 139 Å². The van der Waals surface area contributed by atoms with Crippen LogP contribution in [0, 0.1) is 6.92 Å². The summed E-state index contributed by atoms with van der Waals surface area (Å²) in [5.41, 5.74) is 18.2. The first-order valence-electron chi connectivity index (χ1n) is 7.46. The van der Waals surface area contributed by atoms with E-state index in [2.05, 4.69) is 48.2 Å². The van der Waals surface area contributed by atoms with Crippen molar-refractivity contribution in [2.75, 3.05) is 16.4 Å². The fourth-order valence-corrected chi connectivity index (χ4v) is 4.00. The molecule has 0 saturated heterocycles. The number of hydrogen-bond acceptors (Lipinski definition) is 4. The van der Waals surface area contributed by atoms with Crippen molar-refractivity contribution >= 4 is 40.2 Å². The van der Waals surface area contributed by atoms with E-state index in [1.54, 1.807) is 11.8 Å². The lowest BCUT2D eigenvalue weighted by molar-refractivity contribution is 1.15. The monoisotopic (exact) mass is 319 g/mol. The zero-order chi connectivity index (χ0) is 16.0. The summed E-state index contributed by atoms with van der Waals surface area (Å²) in [6.45, 7) is 2.13. The highest BCUT2D eigenvalue weighted by Crippen LogP contribution is 2.52. The van der Waals surface area contributed by atoms with Crippen molar-refractivity contribution in [1.82, 2.24) is 0 Å². The summed E-state index contributed by atoms with van der Waals surface area (Å²) in [6, 6.07) is 20.5. The van der Waals surface area contributed by atoms with Gasteiger partial charge >= 0.3 is 0 Å². The Hall–Kier alpha value is -2.59. The first kappa shape index (κ1) is 14.0. The number of para-hydroxylation sites is 1. The molecule has 3 aromatic rings. The molecule has 4 rings (SSSR count). The topological polar surface area (TPSA) is 55.3 Å². The minimum Gasteiger partial charge on any atom is -0.399 e. The molecule has 1 aliphatic heterocycles. The Morgan fingerprint density at radius 2 is 1.48 bits per heavy atom.